The van der Waals surface area contributed by atoms with Crippen molar-refractivity contribution in [3.8, 4) is 0 Å². The molecule has 0 N–H and O–H groups in total. The monoisotopic (exact) mass is 796 g/mol. The summed E-state index contributed by atoms with van der Waals surface area (Å²) in [6.45, 7) is 28.0. The van der Waals surface area contributed by atoms with Crippen LogP contribution in [-0.4, -0.2) is 5.43 Å². The van der Waals surface area contributed by atoms with Crippen molar-refractivity contribution in [2.45, 2.75) is 111 Å². The van der Waals surface area contributed by atoms with Gasteiger partial charge in [0.05, 0.1) is 0 Å². The Bertz CT molecular complexity index is 1780. The van der Waals surface area contributed by atoms with Gasteiger partial charge in [-0.15, -0.1) is 46.2 Å². The zero-order chi connectivity index (χ0) is 35.5. The SMILES string of the molecule is CC(C)(C)c1cc2[cH-]c3cc(C(C)(C)C)c(C(C)(C)C)cc3c2cc1C(C)(C)C.[C-]1=CC=CC1.[Cl-].[Cl-].[Zr+2]=[Si](c1ccccc1)c1ccccc1. The molecule has 0 heterocycles. The van der Waals surface area contributed by atoms with Crippen LogP contribution in [0.1, 0.15) is 112 Å². The summed E-state index contributed by atoms with van der Waals surface area (Å²) in [5.41, 5.74) is 5.95. The number of hydrogen-bond donors (Lipinski definition) is 0. The van der Waals surface area contributed by atoms with Gasteiger partial charge in [-0.3, -0.25) is 6.08 Å². The number of fused-ring (bicyclic) bond motifs is 3. The van der Waals surface area contributed by atoms with Crippen molar-refractivity contribution in [2.24, 2.45) is 0 Å². The predicted molar refractivity (Wildman–Crippen MR) is 211 cm³/mol. The van der Waals surface area contributed by atoms with Gasteiger partial charge in [-0.25, -0.2) is 12.2 Å². The van der Waals surface area contributed by atoms with Crippen molar-refractivity contribution in [3.63, 3.8) is 0 Å². The number of rotatable bonds is 2. The molecule has 0 aromatic heterocycles. The van der Waals surface area contributed by atoms with Crippen molar-refractivity contribution in [3.05, 3.63) is 138 Å². The summed E-state index contributed by atoms with van der Waals surface area (Å²) in [6.07, 6.45) is 10.0. The molecule has 1 aliphatic carbocycles. The fourth-order valence-corrected chi connectivity index (χ4v) is 10.1. The molecule has 0 amide bonds. The first-order valence-corrected chi connectivity index (χ1v) is 22.6. The minimum absolute atomic E-state index is 0. The molecule has 0 atom stereocenters. The van der Waals surface area contributed by atoms with Crippen molar-refractivity contribution in [1.82, 2.24) is 0 Å². The van der Waals surface area contributed by atoms with Gasteiger partial charge in [0.15, 0.2) is 0 Å². The van der Waals surface area contributed by atoms with E-state index in [9.17, 15) is 0 Å². The van der Waals surface area contributed by atoms with Gasteiger partial charge in [-0.05, 0) is 21.7 Å². The Balaban J connectivity index is 0.000000341. The van der Waals surface area contributed by atoms with E-state index in [0.29, 0.717) is 0 Å². The maximum absolute atomic E-state index is 2.99. The molecule has 0 nitrogen and oxygen atoms in total. The van der Waals surface area contributed by atoms with Gasteiger partial charge in [-0.1, -0.05) is 117 Å². The Morgan fingerprint density at radius 1 is 0.540 bits per heavy atom. The molecule has 0 unspecified atom stereocenters. The third-order valence-corrected chi connectivity index (χ3v) is 15.0. The molecule has 5 aromatic carbocycles. The molecule has 0 saturated carbocycles. The summed E-state index contributed by atoms with van der Waals surface area (Å²) in [6, 6.07) is 34.0. The van der Waals surface area contributed by atoms with Gasteiger partial charge in [0.25, 0.3) is 0 Å². The molecule has 0 radical (unpaired) electrons. The molecular weight excluding hydrogens is 743 g/mol. The zero-order valence-electron chi connectivity index (χ0n) is 32.4. The van der Waals surface area contributed by atoms with Gasteiger partial charge in [-0.2, -0.15) is 6.08 Å². The van der Waals surface area contributed by atoms with E-state index in [2.05, 4.69) is 186 Å². The molecule has 0 aliphatic heterocycles. The van der Waals surface area contributed by atoms with Crippen LogP contribution in [0, 0.1) is 6.08 Å². The first-order chi connectivity index (χ1) is 22.3. The van der Waals surface area contributed by atoms with E-state index < -0.39 is 5.43 Å². The van der Waals surface area contributed by atoms with Crippen LogP contribution in [0.5, 0.6) is 0 Å². The third-order valence-electron chi connectivity index (χ3n) is 8.92. The first-order valence-electron chi connectivity index (χ1n) is 17.4. The van der Waals surface area contributed by atoms with Crippen LogP contribution < -0.4 is 35.2 Å². The van der Waals surface area contributed by atoms with Gasteiger partial charge in [0.1, 0.15) is 0 Å². The number of allylic oxidation sites excluding steroid dienone is 4. The Hall–Kier alpha value is -2.09. The standard InChI is InChI=1S/C29H41.C12H10Si.C5H5.2ClH.Zr/c1-26(2,3)22-14-18-13-19-15-23(27(4,5)6)25(29(10,11)12)17-21(19)20(18)16-24(22)28(7,8)9;1-3-7-11(8-4-1)13-12-9-5-2-6-10-12;1-2-4-5-3-1;;;/h13-17H,1-12H3;1-10H;1-3H,4H2;2*1H;/q-1;;-1;;;+2/p-2. The second kappa shape index (κ2) is 17.6. The van der Waals surface area contributed by atoms with Crippen molar-refractivity contribution >= 4 is 37.4 Å². The van der Waals surface area contributed by atoms with Crippen LogP contribution in [-0.2, 0) is 45.0 Å². The van der Waals surface area contributed by atoms with Crippen LogP contribution in [0.3, 0.4) is 0 Å². The maximum atomic E-state index is 2.99. The van der Waals surface area contributed by atoms with E-state index in [1.165, 1.54) is 54.2 Å². The molecule has 6 rings (SSSR count). The van der Waals surface area contributed by atoms with Crippen LogP contribution in [0.25, 0.3) is 21.5 Å². The molecule has 5 aromatic rings. The summed E-state index contributed by atoms with van der Waals surface area (Å²) in [5.74, 6) is 0. The topological polar surface area (TPSA) is 0 Å². The summed E-state index contributed by atoms with van der Waals surface area (Å²) in [5, 5.41) is 8.60. The Kier molecular flexibility index (Phi) is 15.5. The average molecular weight is 799 g/mol. The molecule has 0 saturated heterocycles. The fourth-order valence-electron chi connectivity index (χ4n) is 6.30. The van der Waals surface area contributed by atoms with Crippen molar-refractivity contribution in [2.75, 3.05) is 0 Å². The fraction of sp³-hybridized carbons (Fsp3) is 0.370. The van der Waals surface area contributed by atoms with E-state index in [4.69, 9.17) is 0 Å². The van der Waals surface area contributed by atoms with Crippen LogP contribution in [0.2, 0.25) is 0 Å². The second-order valence-electron chi connectivity index (χ2n) is 17.2. The van der Waals surface area contributed by atoms with Crippen molar-refractivity contribution in [1.29, 1.82) is 0 Å². The second-order valence-corrected chi connectivity index (χ2v) is 22.8. The average Bonchev–Trinajstić information content (AvgIpc) is 3.71. The van der Waals surface area contributed by atoms with E-state index in [1.54, 1.807) is 23.3 Å². The predicted octanol–water partition coefficient (Wildman–Crippen LogP) is 5.55. The Morgan fingerprint density at radius 3 is 1.14 bits per heavy atom. The normalized spacial score (nSPS) is 12.8. The van der Waals surface area contributed by atoms with E-state index in [0.717, 1.165) is 6.42 Å². The summed E-state index contributed by atoms with van der Waals surface area (Å²) in [4.78, 5) is 0. The molecule has 50 heavy (non-hydrogen) atoms. The summed E-state index contributed by atoms with van der Waals surface area (Å²) >= 11 is 1.64. The van der Waals surface area contributed by atoms with Crippen LogP contribution in [0.4, 0.5) is 0 Å². The summed E-state index contributed by atoms with van der Waals surface area (Å²) < 4.78 is 0. The van der Waals surface area contributed by atoms with Gasteiger partial charge in [0.2, 0.25) is 0 Å². The zero-order valence-corrected chi connectivity index (χ0v) is 37.3. The molecule has 4 heteroatoms. The Labute approximate surface area is 331 Å². The number of benzene rings is 4. The van der Waals surface area contributed by atoms with Crippen LogP contribution in [0.15, 0.2) is 109 Å². The van der Waals surface area contributed by atoms with E-state index in [1.807, 2.05) is 12.2 Å². The molecule has 0 fully saturated rings. The quantitative estimate of drug-likeness (QED) is 0.163. The van der Waals surface area contributed by atoms with Gasteiger partial charge in [0, 0.05) is 0 Å². The number of hydrogen-bond acceptors (Lipinski definition) is 0. The number of halogens is 2. The molecular formula is C46H56Cl2SiZr-2. The molecule has 0 bridgehead atoms. The first kappa shape index (κ1) is 44.1. The third kappa shape index (κ3) is 11.2. The Morgan fingerprint density at radius 2 is 0.880 bits per heavy atom. The molecule has 1 aliphatic rings. The van der Waals surface area contributed by atoms with Gasteiger partial charge >= 0.3 is 99.8 Å². The molecule has 264 valence electrons. The summed E-state index contributed by atoms with van der Waals surface area (Å²) in [7, 11) is 0. The van der Waals surface area contributed by atoms with E-state index >= 15 is 0 Å². The van der Waals surface area contributed by atoms with E-state index in [-0.39, 0.29) is 46.5 Å². The van der Waals surface area contributed by atoms with Gasteiger partial charge < -0.3 is 24.8 Å². The van der Waals surface area contributed by atoms with Crippen LogP contribution >= 0.6 is 0 Å². The minimum atomic E-state index is -0.455. The molecule has 0 spiro atoms. The van der Waals surface area contributed by atoms with Crippen molar-refractivity contribution < 1.29 is 48.1 Å².